The average molecular weight is 365 g/mol. The highest BCUT2D eigenvalue weighted by Gasteiger charge is 2.28. The molecule has 1 aromatic carbocycles. The first kappa shape index (κ1) is 18.2. The Kier molecular flexibility index (Phi) is 5.46. The molecule has 0 radical (unpaired) electrons. The SMILES string of the molecule is COc1ccc(C(=O)N2CCC[C@H](Cn3cc(CN)nn3)C2)c(F)c1F. The van der Waals surface area contributed by atoms with Crippen LogP contribution in [0.15, 0.2) is 18.3 Å². The highest BCUT2D eigenvalue weighted by Crippen LogP contribution is 2.25. The molecule has 1 aliphatic rings. The molecule has 1 saturated heterocycles. The number of amides is 1. The number of rotatable bonds is 5. The highest BCUT2D eigenvalue weighted by molar-refractivity contribution is 5.94. The van der Waals surface area contributed by atoms with Gasteiger partial charge in [-0.1, -0.05) is 5.21 Å². The summed E-state index contributed by atoms with van der Waals surface area (Å²) < 4.78 is 34.5. The van der Waals surface area contributed by atoms with Crippen LogP contribution in [0.4, 0.5) is 8.78 Å². The van der Waals surface area contributed by atoms with E-state index in [0.717, 1.165) is 12.8 Å². The molecule has 0 bridgehead atoms. The van der Waals surface area contributed by atoms with E-state index in [4.69, 9.17) is 10.5 Å². The zero-order chi connectivity index (χ0) is 18.7. The van der Waals surface area contributed by atoms with Crippen LogP contribution in [0.3, 0.4) is 0 Å². The Morgan fingerprint density at radius 1 is 1.38 bits per heavy atom. The van der Waals surface area contributed by atoms with E-state index in [9.17, 15) is 13.6 Å². The van der Waals surface area contributed by atoms with Gasteiger partial charge in [-0.05, 0) is 30.9 Å². The van der Waals surface area contributed by atoms with Gasteiger partial charge in [0.2, 0.25) is 5.82 Å². The maximum atomic E-state index is 14.2. The molecule has 26 heavy (non-hydrogen) atoms. The molecule has 1 fully saturated rings. The van der Waals surface area contributed by atoms with Gasteiger partial charge in [-0.25, -0.2) is 4.39 Å². The highest BCUT2D eigenvalue weighted by atomic mass is 19.2. The lowest BCUT2D eigenvalue weighted by Gasteiger charge is -2.32. The lowest BCUT2D eigenvalue weighted by Crippen LogP contribution is -2.41. The number of nitrogens with zero attached hydrogens (tertiary/aromatic N) is 4. The van der Waals surface area contributed by atoms with E-state index in [-0.39, 0.29) is 17.2 Å². The molecule has 1 amide bonds. The second-order valence-electron chi connectivity index (χ2n) is 6.34. The number of nitrogens with two attached hydrogens (primary N) is 1. The van der Waals surface area contributed by atoms with Crippen molar-refractivity contribution in [1.29, 1.82) is 0 Å². The lowest BCUT2D eigenvalue weighted by molar-refractivity contribution is 0.0653. The molecule has 2 aromatic rings. The first-order valence-corrected chi connectivity index (χ1v) is 8.43. The van der Waals surface area contributed by atoms with Crippen molar-refractivity contribution < 1.29 is 18.3 Å². The molecule has 2 N–H and O–H groups in total. The molecule has 1 aliphatic heterocycles. The number of methoxy groups -OCH3 is 1. The predicted octanol–water partition coefficient (Wildman–Crippen LogP) is 1.58. The number of hydrogen-bond donors (Lipinski definition) is 1. The topological polar surface area (TPSA) is 86.3 Å². The van der Waals surface area contributed by atoms with E-state index in [0.29, 0.717) is 31.9 Å². The Morgan fingerprint density at radius 3 is 2.88 bits per heavy atom. The van der Waals surface area contributed by atoms with Crippen molar-refractivity contribution in [3.8, 4) is 5.75 Å². The molecule has 0 spiro atoms. The molecule has 1 aromatic heterocycles. The summed E-state index contributed by atoms with van der Waals surface area (Å²) in [7, 11) is 1.24. The number of benzene rings is 1. The fourth-order valence-electron chi connectivity index (χ4n) is 3.21. The van der Waals surface area contributed by atoms with E-state index in [1.165, 1.54) is 19.2 Å². The second kappa shape index (κ2) is 7.77. The minimum atomic E-state index is -1.18. The van der Waals surface area contributed by atoms with Gasteiger partial charge in [-0.2, -0.15) is 4.39 Å². The van der Waals surface area contributed by atoms with Gasteiger partial charge >= 0.3 is 0 Å². The van der Waals surface area contributed by atoms with Gasteiger partial charge in [0.15, 0.2) is 11.6 Å². The number of aromatic nitrogens is 3. The summed E-state index contributed by atoms with van der Waals surface area (Å²) in [5.74, 6) is -2.91. The van der Waals surface area contributed by atoms with Gasteiger partial charge in [0.25, 0.3) is 5.91 Å². The summed E-state index contributed by atoms with van der Waals surface area (Å²) in [5, 5.41) is 7.96. The zero-order valence-corrected chi connectivity index (χ0v) is 14.5. The summed E-state index contributed by atoms with van der Waals surface area (Å²) in [6.45, 7) is 1.87. The summed E-state index contributed by atoms with van der Waals surface area (Å²) in [6, 6.07) is 2.52. The number of piperidine rings is 1. The first-order valence-electron chi connectivity index (χ1n) is 8.43. The van der Waals surface area contributed by atoms with Crippen LogP contribution < -0.4 is 10.5 Å². The summed E-state index contributed by atoms with van der Waals surface area (Å²) >= 11 is 0. The average Bonchev–Trinajstić information content (AvgIpc) is 3.11. The lowest BCUT2D eigenvalue weighted by atomic mass is 9.97. The van der Waals surface area contributed by atoms with Crippen LogP contribution in [-0.4, -0.2) is 46.0 Å². The van der Waals surface area contributed by atoms with Crippen molar-refractivity contribution in [2.45, 2.75) is 25.9 Å². The molecular weight excluding hydrogens is 344 g/mol. The van der Waals surface area contributed by atoms with Crippen LogP contribution in [0.5, 0.6) is 5.75 Å². The van der Waals surface area contributed by atoms with E-state index < -0.39 is 17.5 Å². The minimum Gasteiger partial charge on any atom is -0.494 e. The molecule has 0 aliphatic carbocycles. The van der Waals surface area contributed by atoms with E-state index in [1.807, 2.05) is 0 Å². The third-order valence-corrected chi connectivity index (χ3v) is 4.54. The fraction of sp³-hybridized carbons (Fsp3) is 0.471. The molecule has 140 valence electrons. The second-order valence-corrected chi connectivity index (χ2v) is 6.34. The van der Waals surface area contributed by atoms with Crippen LogP contribution in [0.2, 0.25) is 0 Å². The van der Waals surface area contributed by atoms with Crippen LogP contribution in [0, 0.1) is 17.6 Å². The van der Waals surface area contributed by atoms with Crippen LogP contribution in [-0.2, 0) is 13.1 Å². The van der Waals surface area contributed by atoms with Crippen molar-refractivity contribution in [2.75, 3.05) is 20.2 Å². The van der Waals surface area contributed by atoms with Crippen LogP contribution in [0.25, 0.3) is 0 Å². The minimum absolute atomic E-state index is 0.159. The molecule has 1 atom stereocenters. The third kappa shape index (κ3) is 3.67. The Morgan fingerprint density at radius 2 is 2.19 bits per heavy atom. The number of hydrogen-bond acceptors (Lipinski definition) is 5. The van der Waals surface area contributed by atoms with Gasteiger partial charge in [0.1, 0.15) is 0 Å². The van der Waals surface area contributed by atoms with Gasteiger partial charge < -0.3 is 15.4 Å². The number of carbonyl (C=O) groups is 1. The zero-order valence-electron chi connectivity index (χ0n) is 14.5. The van der Waals surface area contributed by atoms with E-state index in [1.54, 1.807) is 15.8 Å². The van der Waals surface area contributed by atoms with Crippen molar-refractivity contribution >= 4 is 5.91 Å². The monoisotopic (exact) mass is 365 g/mol. The number of ether oxygens (including phenoxy) is 1. The molecule has 3 rings (SSSR count). The third-order valence-electron chi connectivity index (χ3n) is 4.54. The first-order chi connectivity index (χ1) is 12.5. The van der Waals surface area contributed by atoms with E-state index in [2.05, 4.69) is 10.3 Å². The van der Waals surface area contributed by atoms with Crippen molar-refractivity contribution in [3.05, 3.63) is 41.2 Å². The van der Waals surface area contributed by atoms with Gasteiger partial charge in [0.05, 0.1) is 18.4 Å². The van der Waals surface area contributed by atoms with Gasteiger partial charge in [-0.3, -0.25) is 9.48 Å². The largest absolute Gasteiger partial charge is 0.494 e. The van der Waals surface area contributed by atoms with Crippen molar-refractivity contribution in [1.82, 2.24) is 19.9 Å². The van der Waals surface area contributed by atoms with Crippen LogP contribution in [0.1, 0.15) is 28.9 Å². The molecule has 7 nitrogen and oxygen atoms in total. The number of halogens is 2. The summed E-state index contributed by atoms with van der Waals surface area (Å²) in [4.78, 5) is 14.2. The quantitative estimate of drug-likeness (QED) is 0.869. The maximum Gasteiger partial charge on any atom is 0.256 e. The fourth-order valence-corrected chi connectivity index (χ4v) is 3.21. The summed E-state index contributed by atoms with van der Waals surface area (Å²) in [6.07, 6.45) is 3.48. The molecule has 0 unspecified atom stereocenters. The standard InChI is InChI=1S/C17H21F2N5O2/c1-26-14-5-4-13(15(18)16(14)19)17(25)23-6-2-3-11(8-23)9-24-10-12(7-20)21-22-24/h4-5,10-11H,2-3,6-9,20H2,1H3/t11-/m0/s1. The molecule has 9 heteroatoms. The predicted molar refractivity (Wildman–Crippen MR) is 89.5 cm³/mol. The molecular formula is C17H21F2N5O2. The van der Waals surface area contributed by atoms with E-state index >= 15 is 0 Å². The Balaban J connectivity index is 1.71. The molecule has 2 heterocycles. The molecule has 0 saturated carbocycles. The Labute approximate surface area is 149 Å². The smallest absolute Gasteiger partial charge is 0.256 e. The van der Waals surface area contributed by atoms with Crippen LogP contribution >= 0.6 is 0 Å². The number of likely N-dealkylation sites (tertiary alicyclic amines) is 1. The van der Waals surface area contributed by atoms with Gasteiger partial charge in [0, 0.05) is 32.4 Å². The van der Waals surface area contributed by atoms with Gasteiger partial charge in [-0.15, -0.1) is 5.10 Å². The maximum absolute atomic E-state index is 14.2. The van der Waals surface area contributed by atoms with Crippen molar-refractivity contribution in [3.63, 3.8) is 0 Å². The Bertz CT molecular complexity index is 795. The summed E-state index contributed by atoms with van der Waals surface area (Å²) in [5.41, 5.74) is 5.94. The normalized spacial score (nSPS) is 17.4. The number of carbonyl (C=O) groups excluding carboxylic acids is 1. The van der Waals surface area contributed by atoms with Crippen molar-refractivity contribution in [2.24, 2.45) is 11.7 Å². The Hall–Kier alpha value is -2.55.